The number of hydrogen-bond acceptors (Lipinski definition) is 3. The minimum Gasteiger partial charge on any atom is -0.303 e. The third-order valence-electron chi connectivity index (χ3n) is 5.47. The standard InChI is InChI=1S/C21H19N3OS/c1-14-4-7-17(8-5-14)24-20(26)23(19(25)21(24)10-3-11-21)18-9-6-16(13-22)15(2)12-18/h4-9,12H,3,10-11H2,1-2H3. The van der Waals surface area contributed by atoms with Crippen LogP contribution in [0.15, 0.2) is 42.5 Å². The summed E-state index contributed by atoms with van der Waals surface area (Å²) in [5, 5.41) is 9.67. The highest BCUT2D eigenvalue weighted by Gasteiger charge is 2.59. The van der Waals surface area contributed by atoms with Gasteiger partial charge in [-0.25, -0.2) is 0 Å². The van der Waals surface area contributed by atoms with Gasteiger partial charge < -0.3 is 4.90 Å². The Balaban J connectivity index is 1.80. The van der Waals surface area contributed by atoms with Crippen LogP contribution in [0.25, 0.3) is 0 Å². The van der Waals surface area contributed by atoms with Crippen LogP contribution in [0.1, 0.15) is 36.0 Å². The lowest BCUT2D eigenvalue weighted by atomic mass is 9.75. The minimum absolute atomic E-state index is 0.0402. The zero-order valence-electron chi connectivity index (χ0n) is 14.8. The van der Waals surface area contributed by atoms with Crippen molar-refractivity contribution in [2.45, 2.75) is 38.6 Å². The predicted octanol–water partition coefficient (Wildman–Crippen LogP) is 4.24. The lowest BCUT2D eigenvalue weighted by Crippen LogP contribution is -2.55. The molecule has 2 aromatic rings. The number of carbonyl (C=O) groups excluding carboxylic acids is 1. The third-order valence-corrected chi connectivity index (χ3v) is 5.84. The van der Waals surface area contributed by atoms with Crippen LogP contribution in [0.3, 0.4) is 0 Å². The van der Waals surface area contributed by atoms with Crippen molar-refractivity contribution in [1.82, 2.24) is 0 Å². The Hall–Kier alpha value is -2.71. The molecule has 1 saturated carbocycles. The van der Waals surface area contributed by atoms with E-state index in [4.69, 9.17) is 17.5 Å². The van der Waals surface area contributed by atoms with Gasteiger partial charge in [-0.3, -0.25) is 9.69 Å². The summed E-state index contributed by atoms with van der Waals surface area (Å²) in [5.74, 6) is 0.0402. The van der Waals surface area contributed by atoms with Crippen molar-refractivity contribution in [3.05, 3.63) is 59.2 Å². The van der Waals surface area contributed by atoms with Crippen molar-refractivity contribution >= 4 is 34.6 Å². The fourth-order valence-electron chi connectivity index (χ4n) is 3.81. The number of nitriles is 1. The molecular weight excluding hydrogens is 342 g/mol. The van der Waals surface area contributed by atoms with Crippen LogP contribution < -0.4 is 9.80 Å². The molecule has 130 valence electrons. The number of hydrogen-bond donors (Lipinski definition) is 0. The van der Waals surface area contributed by atoms with Crippen molar-refractivity contribution < 1.29 is 4.79 Å². The Kier molecular flexibility index (Phi) is 3.82. The third kappa shape index (κ3) is 2.26. The molecule has 4 rings (SSSR count). The normalized spacial score (nSPS) is 18.2. The molecule has 1 aliphatic heterocycles. The van der Waals surface area contributed by atoms with E-state index in [1.54, 1.807) is 17.0 Å². The maximum atomic E-state index is 13.4. The van der Waals surface area contributed by atoms with E-state index >= 15 is 0 Å². The van der Waals surface area contributed by atoms with E-state index in [9.17, 15) is 4.79 Å². The Morgan fingerprint density at radius 2 is 1.73 bits per heavy atom. The van der Waals surface area contributed by atoms with Crippen molar-refractivity contribution in [2.75, 3.05) is 9.80 Å². The van der Waals surface area contributed by atoms with Gasteiger partial charge in [0.05, 0.1) is 17.3 Å². The summed E-state index contributed by atoms with van der Waals surface area (Å²) in [4.78, 5) is 17.0. The van der Waals surface area contributed by atoms with Crippen molar-refractivity contribution in [3.63, 3.8) is 0 Å². The molecule has 0 unspecified atom stereocenters. The van der Waals surface area contributed by atoms with E-state index in [1.807, 2.05) is 49.1 Å². The highest BCUT2D eigenvalue weighted by molar-refractivity contribution is 7.81. The number of rotatable bonds is 2. The summed E-state index contributed by atoms with van der Waals surface area (Å²) in [6, 6.07) is 15.7. The number of benzene rings is 2. The van der Waals surface area contributed by atoms with Gasteiger partial charge in [-0.1, -0.05) is 17.7 Å². The molecule has 1 saturated heterocycles. The van der Waals surface area contributed by atoms with Crippen molar-refractivity contribution in [2.24, 2.45) is 0 Å². The van der Waals surface area contributed by atoms with Gasteiger partial charge in [0, 0.05) is 5.69 Å². The summed E-state index contributed by atoms with van der Waals surface area (Å²) < 4.78 is 0. The van der Waals surface area contributed by atoms with Crippen LogP contribution in [-0.4, -0.2) is 16.6 Å². The van der Waals surface area contributed by atoms with Gasteiger partial charge in [0.25, 0.3) is 5.91 Å². The highest BCUT2D eigenvalue weighted by atomic mass is 32.1. The average Bonchev–Trinajstić information content (AvgIpc) is 2.83. The van der Waals surface area contributed by atoms with Crippen LogP contribution >= 0.6 is 12.2 Å². The highest BCUT2D eigenvalue weighted by Crippen LogP contribution is 2.47. The van der Waals surface area contributed by atoms with Crippen LogP contribution in [0.2, 0.25) is 0 Å². The first-order valence-corrected chi connectivity index (χ1v) is 9.15. The maximum Gasteiger partial charge on any atom is 0.259 e. The topological polar surface area (TPSA) is 47.3 Å². The number of thiocarbonyl (C=S) groups is 1. The first-order valence-electron chi connectivity index (χ1n) is 8.74. The largest absolute Gasteiger partial charge is 0.303 e. The lowest BCUT2D eigenvalue weighted by Gasteiger charge is -2.43. The van der Waals surface area contributed by atoms with Crippen LogP contribution in [-0.2, 0) is 4.79 Å². The summed E-state index contributed by atoms with van der Waals surface area (Å²) in [5.41, 5.74) is 3.76. The first kappa shape index (κ1) is 16.7. The Labute approximate surface area is 158 Å². The second-order valence-corrected chi connectivity index (χ2v) is 7.46. The second kappa shape index (κ2) is 5.93. The molecule has 2 fully saturated rings. The van der Waals surface area contributed by atoms with E-state index in [-0.39, 0.29) is 5.91 Å². The van der Waals surface area contributed by atoms with Gasteiger partial charge in [-0.05, 0) is 81.2 Å². The van der Waals surface area contributed by atoms with Gasteiger partial charge in [0.15, 0.2) is 5.11 Å². The molecule has 0 radical (unpaired) electrons. The van der Waals surface area contributed by atoms with Gasteiger partial charge in [-0.15, -0.1) is 0 Å². The number of anilines is 2. The molecule has 2 aliphatic rings. The fraction of sp³-hybridized carbons (Fsp3) is 0.286. The van der Waals surface area contributed by atoms with Crippen molar-refractivity contribution in [3.8, 4) is 6.07 Å². The van der Waals surface area contributed by atoms with Gasteiger partial charge >= 0.3 is 0 Å². The zero-order valence-corrected chi connectivity index (χ0v) is 15.6. The van der Waals surface area contributed by atoms with E-state index in [0.717, 1.165) is 36.2 Å². The van der Waals surface area contributed by atoms with Gasteiger partial charge in [0.2, 0.25) is 0 Å². The molecular formula is C21H19N3OS. The molecule has 4 nitrogen and oxygen atoms in total. The molecule has 0 aromatic heterocycles. The van der Waals surface area contributed by atoms with Crippen LogP contribution in [0.4, 0.5) is 11.4 Å². The van der Waals surface area contributed by atoms with E-state index in [2.05, 4.69) is 6.07 Å². The SMILES string of the molecule is Cc1ccc(N2C(=S)N(c3ccc(C#N)c(C)c3)C(=O)C23CCC3)cc1. The van der Waals surface area contributed by atoms with Gasteiger partial charge in [-0.2, -0.15) is 5.26 Å². The molecule has 1 heterocycles. The molecule has 0 atom stereocenters. The monoisotopic (exact) mass is 361 g/mol. The Morgan fingerprint density at radius 1 is 1.08 bits per heavy atom. The molecule has 1 aliphatic carbocycles. The molecule has 1 amide bonds. The molecule has 2 aromatic carbocycles. The molecule has 1 spiro atoms. The molecule has 5 heteroatoms. The maximum absolute atomic E-state index is 13.4. The van der Waals surface area contributed by atoms with E-state index < -0.39 is 5.54 Å². The number of aryl methyl sites for hydroxylation is 2. The van der Waals surface area contributed by atoms with Crippen molar-refractivity contribution in [1.29, 1.82) is 5.26 Å². The zero-order chi connectivity index (χ0) is 18.5. The molecule has 0 N–H and O–H groups in total. The van der Waals surface area contributed by atoms with E-state index in [0.29, 0.717) is 10.7 Å². The number of nitrogens with zero attached hydrogens (tertiary/aromatic N) is 3. The van der Waals surface area contributed by atoms with E-state index in [1.165, 1.54) is 5.56 Å². The average molecular weight is 361 g/mol. The fourth-order valence-corrected chi connectivity index (χ4v) is 4.28. The Morgan fingerprint density at radius 3 is 2.27 bits per heavy atom. The summed E-state index contributed by atoms with van der Waals surface area (Å²) in [7, 11) is 0. The quantitative estimate of drug-likeness (QED) is 0.751. The summed E-state index contributed by atoms with van der Waals surface area (Å²) in [6.45, 7) is 3.92. The van der Waals surface area contributed by atoms with Gasteiger partial charge in [0.1, 0.15) is 5.54 Å². The number of amides is 1. The molecule has 26 heavy (non-hydrogen) atoms. The van der Waals surface area contributed by atoms with Crippen LogP contribution in [0, 0.1) is 25.2 Å². The summed E-state index contributed by atoms with van der Waals surface area (Å²) >= 11 is 5.76. The second-order valence-electron chi connectivity index (χ2n) is 7.09. The number of carbonyl (C=O) groups is 1. The Bertz CT molecular complexity index is 954. The first-order chi connectivity index (χ1) is 12.5. The smallest absolute Gasteiger partial charge is 0.259 e. The molecule has 0 bridgehead atoms. The lowest BCUT2D eigenvalue weighted by molar-refractivity contribution is -0.123. The summed E-state index contributed by atoms with van der Waals surface area (Å²) in [6.07, 6.45) is 2.65. The van der Waals surface area contributed by atoms with Crippen LogP contribution in [0.5, 0.6) is 0 Å². The minimum atomic E-state index is -0.561. The predicted molar refractivity (Wildman–Crippen MR) is 106 cm³/mol.